The van der Waals surface area contributed by atoms with Gasteiger partial charge in [0.15, 0.2) is 5.78 Å². The van der Waals surface area contributed by atoms with Crippen LogP contribution in [0.4, 0.5) is 4.79 Å². The molecule has 4 saturated carbocycles. The molecule has 0 bridgehead atoms. The van der Waals surface area contributed by atoms with E-state index < -0.39 is 22.9 Å². The van der Waals surface area contributed by atoms with Crippen molar-refractivity contribution >= 4 is 23.8 Å². The van der Waals surface area contributed by atoms with Crippen LogP contribution in [0.2, 0.25) is 0 Å². The minimum absolute atomic E-state index is 0.0227. The fourth-order valence-corrected chi connectivity index (χ4v) is 12.7. The Labute approximate surface area is 310 Å². The molecule has 1 aromatic rings. The fraction of sp³-hybridized carbons (Fsp3) is 0.744. The number of allylic oxidation sites excluding steroid dienone is 1. The largest absolute Gasteiger partial charge is 0.481 e. The SMILES string of the molecule is CC(C)C1=C2[C@H]3CC[C@@H]4[C@@]5(C)CC[C@H](OC(=O)CC(C)(C)C(=O)O)C(C)(C)[C@@H]5CC[C@@]4(C)[C@]3(C)CC[C@@]2(NC(=O)NC(C)c2ccccn2)CC1=O. The minimum Gasteiger partial charge on any atom is -0.481 e. The third-order valence-corrected chi connectivity index (χ3v) is 15.6. The average molecular weight is 718 g/mol. The average Bonchev–Trinajstić information content (AvgIpc) is 3.34. The number of hydrogen-bond donors (Lipinski definition) is 3. The normalized spacial score (nSPS) is 37.2. The topological polar surface area (TPSA) is 135 Å². The number of nitrogens with zero attached hydrogens (tertiary/aromatic N) is 1. The summed E-state index contributed by atoms with van der Waals surface area (Å²) in [5, 5.41) is 16.1. The number of ether oxygens (including phenoxy) is 1. The van der Waals surface area contributed by atoms with Gasteiger partial charge in [-0.3, -0.25) is 19.4 Å². The first kappa shape index (κ1) is 38.5. The van der Waals surface area contributed by atoms with Gasteiger partial charge in [0.05, 0.1) is 29.1 Å². The fourth-order valence-electron chi connectivity index (χ4n) is 12.7. The molecule has 286 valence electrons. The second kappa shape index (κ2) is 13.0. The molecular weight excluding hydrogens is 654 g/mol. The summed E-state index contributed by atoms with van der Waals surface area (Å²) in [5.74, 6) is -0.164. The molecule has 0 spiro atoms. The van der Waals surface area contributed by atoms with Crippen molar-refractivity contribution in [2.24, 2.45) is 50.7 Å². The highest BCUT2D eigenvalue weighted by molar-refractivity contribution is 6.02. The number of Topliss-reactive ketones (excluding diaryl/α,β-unsaturated/α-hetero) is 1. The number of aliphatic carboxylic acids is 1. The molecule has 9 atom stereocenters. The van der Waals surface area contributed by atoms with Crippen molar-refractivity contribution in [1.82, 2.24) is 15.6 Å². The summed E-state index contributed by atoms with van der Waals surface area (Å²) < 4.78 is 6.15. The van der Waals surface area contributed by atoms with Gasteiger partial charge in [-0.1, -0.05) is 54.5 Å². The van der Waals surface area contributed by atoms with Gasteiger partial charge in [-0.05, 0) is 135 Å². The number of aromatic nitrogens is 1. The molecule has 9 heteroatoms. The number of urea groups is 1. The number of hydrogen-bond acceptors (Lipinski definition) is 6. The summed E-state index contributed by atoms with van der Waals surface area (Å²) in [5.41, 5.74) is 0.833. The van der Waals surface area contributed by atoms with Gasteiger partial charge in [0.25, 0.3) is 0 Å². The molecule has 1 aromatic heterocycles. The van der Waals surface area contributed by atoms with Crippen LogP contribution in [0.1, 0.15) is 145 Å². The van der Waals surface area contributed by atoms with Gasteiger partial charge in [0.2, 0.25) is 0 Å². The summed E-state index contributed by atoms with van der Waals surface area (Å²) in [6, 6.07) is 5.17. The van der Waals surface area contributed by atoms with Crippen LogP contribution in [-0.4, -0.2) is 45.5 Å². The van der Waals surface area contributed by atoms with Crippen LogP contribution < -0.4 is 10.6 Å². The summed E-state index contributed by atoms with van der Waals surface area (Å²) in [6.45, 7) is 21.4. The van der Waals surface area contributed by atoms with Crippen molar-refractivity contribution in [1.29, 1.82) is 0 Å². The van der Waals surface area contributed by atoms with Gasteiger partial charge in [0, 0.05) is 18.0 Å². The first-order chi connectivity index (χ1) is 24.1. The third kappa shape index (κ3) is 5.91. The standard InChI is InChI=1S/C43H63N3O6/c1-25(2)34-29(47)23-43(46-37(51)45-26(3)28-13-11-12-22-44-28)21-20-41(9)27(35(34)43)14-15-31-40(8)18-17-32(52-33(48)24-38(4,5)36(49)50)39(6,7)30(40)16-19-42(31,41)10/h11-13,22,25-27,30-32H,14-21,23-24H2,1-10H3,(H,49,50)(H2,45,46,51)/t26?,27-,30+,31-,32+,40+,41-,42-,43-/m1/s1. The van der Waals surface area contributed by atoms with E-state index in [-0.39, 0.29) is 63.9 Å². The Morgan fingerprint density at radius 2 is 1.65 bits per heavy atom. The molecule has 0 aliphatic heterocycles. The Kier molecular flexibility index (Phi) is 9.60. The number of carboxylic acid groups (broad SMARTS) is 1. The smallest absolute Gasteiger partial charge is 0.316 e. The second-order valence-electron chi connectivity index (χ2n) is 19.6. The Morgan fingerprint density at radius 1 is 0.942 bits per heavy atom. The van der Waals surface area contributed by atoms with Crippen LogP contribution in [0.3, 0.4) is 0 Å². The van der Waals surface area contributed by atoms with Crippen molar-refractivity contribution in [3.63, 3.8) is 0 Å². The lowest BCUT2D eigenvalue weighted by Crippen LogP contribution is -2.67. The lowest BCUT2D eigenvalue weighted by atomic mass is 9.33. The molecule has 3 N–H and O–H groups in total. The molecule has 9 nitrogen and oxygen atoms in total. The number of carbonyl (C=O) groups is 4. The maximum absolute atomic E-state index is 14.0. The van der Waals surface area contributed by atoms with Gasteiger partial charge in [-0.2, -0.15) is 0 Å². The molecule has 5 aliphatic rings. The van der Waals surface area contributed by atoms with E-state index in [9.17, 15) is 24.3 Å². The third-order valence-electron chi connectivity index (χ3n) is 15.6. The molecule has 1 heterocycles. The van der Waals surface area contributed by atoms with E-state index in [0.29, 0.717) is 18.3 Å². The zero-order valence-electron chi connectivity index (χ0n) is 33.3. The highest BCUT2D eigenvalue weighted by atomic mass is 16.5. The molecule has 4 fully saturated rings. The molecule has 0 radical (unpaired) electrons. The number of ketones is 1. The maximum atomic E-state index is 14.0. The van der Waals surface area contributed by atoms with Gasteiger partial charge in [-0.25, -0.2) is 4.79 Å². The summed E-state index contributed by atoms with van der Waals surface area (Å²) in [6.07, 6.45) is 9.18. The van der Waals surface area contributed by atoms with E-state index in [0.717, 1.165) is 62.6 Å². The quantitative estimate of drug-likeness (QED) is 0.229. The Bertz CT molecular complexity index is 1650. The van der Waals surface area contributed by atoms with E-state index in [1.54, 1.807) is 20.0 Å². The van der Waals surface area contributed by atoms with E-state index >= 15 is 0 Å². The highest BCUT2D eigenvalue weighted by Crippen LogP contribution is 2.76. The van der Waals surface area contributed by atoms with Crippen LogP contribution in [0, 0.1) is 50.7 Å². The summed E-state index contributed by atoms with van der Waals surface area (Å²) in [4.78, 5) is 57.0. The minimum atomic E-state index is -1.17. The molecule has 6 rings (SSSR count). The first-order valence-electron chi connectivity index (χ1n) is 19.8. The molecule has 0 saturated heterocycles. The van der Waals surface area contributed by atoms with Gasteiger partial charge in [-0.15, -0.1) is 0 Å². The van der Waals surface area contributed by atoms with E-state index in [4.69, 9.17) is 4.74 Å². The summed E-state index contributed by atoms with van der Waals surface area (Å²) >= 11 is 0. The van der Waals surface area contributed by atoms with E-state index in [2.05, 4.69) is 64.1 Å². The predicted octanol–water partition coefficient (Wildman–Crippen LogP) is 8.59. The van der Waals surface area contributed by atoms with E-state index in [1.807, 2.05) is 25.1 Å². The van der Waals surface area contributed by atoms with Gasteiger partial charge >= 0.3 is 18.0 Å². The molecule has 1 unspecified atom stereocenters. The molecule has 5 aliphatic carbocycles. The lowest BCUT2D eigenvalue weighted by molar-refractivity contribution is -0.232. The molecule has 0 aromatic carbocycles. The highest BCUT2D eigenvalue weighted by Gasteiger charge is 2.70. The van der Waals surface area contributed by atoms with Crippen LogP contribution in [0.5, 0.6) is 0 Å². The molecule has 2 amide bonds. The Balaban J connectivity index is 1.27. The predicted molar refractivity (Wildman–Crippen MR) is 200 cm³/mol. The van der Waals surface area contributed by atoms with Crippen LogP contribution in [0.25, 0.3) is 0 Å². The van der Waals surface area contributed by atoms with Crippen LogP contribution in [-0.2, 0) is 19.1 Å². The number of carbonyl (C=O) groups excluding carboxylic acids is 3. The van der Waals surface area contributed by atoms with Gasteiger partial charge in [0.1, 0.15) is 6.10 Å². The summed E-state index contributed by atoms with van der Waals surface area (Å²) in [7, 11) is 0. The number of nitrogens with one attached hydrogen (secondary N) is 2. The second-order valence-corrected chi connectivity index (χ2v) is 19.6. The van der Waals surface area contributed by atoms with Crippen molar-refractivity contribution in [3.8, 4) is 0 Å². The van der Waals surface area contributed by atoms with Crippen LogP contribution in [0.15, 0.2) is 35.5 Å². The van der Waals surface area contributed by atoms with Crippen LogP contribution >= 0.6 is 0 Å². The zero-order valence-corrected chi connectivity index (χ0v) is 33.3. The first-order valence-corrected chi connectivity index (χ1v) is 19.8. The van der Waals surface area contributed by atoms with Crippen molar-refractivity contribution in [2.45, 2.75) is 151 Å². The van der Waals surface area contributed by atoms with Gasteiger partial charge < -0.3 is 20.5 Å². The number of carboxylic acids is 1. The van der Waals surface area contributed by atoms with Crippen molar-refractivity contribution in [2.75, 3.05) is 0 Å². The lowest BCUT2D eigenvalue weighted by Gasteiger charge is -2.72. The number of rotatable bonds is 8. The number of esters is 1. The number of amides is 2. The number of fused-ring (bicyclic) bond motifs is 7. The monoisotopic (exact) mass is 717 g/mol. The Morgan fingerprint density at radius 3 is 2.29 bits per heavy atom. The van der Waals surface area contributed by atoms with E-state index in [1.165, 1.54) is 5.57 Å². The number of pyridine rings is 1. The molecule has 52 heavy (non-hydrogen) atoms. The van der Waals surface area contributed by atoms with Crippen molar-refractivity contribution in [3.05, 3.63) is 41.2 Å². The Hall–Kier alpha value is -3.23. The van der Waals surface area contributed by atoms with Crippen molar-refractivity contribution < 1.29 is 29.0 Å². The zero-order chi connectivity index (χ0) is 38.2. The maximum Gasteiger partial charge on any atom is 0.316 e. The molecular formula is C43H63N3O6.